The lowest BCUT2D eigenvalue weighted by Crippen LogP contribution is -2.39. The molecular weight excluding hydrogens is 242 g/mol. The molecule has 1 N–H and O–H groups in total. The summed E-state index contributed by atoms with van der Waals surface area (Å²) in [5.41, 5.74) is 4.14. The molecule has 0 saturated carbocycles. The number of aromatic nitrogens is 1. The second-order valence-corrected chi connectivity index (χ2v) is 3.92. The number of para-hydroxylation sites is 1. The largest absolute Gasteiger partial charge is 0.481 e. The minimum atomic E-state index is -0.221. The summed E-state index contributed by atoms with van der Waals surface area (Å²) in [7, 11) is 3.31. The minimum absolute atomic E-state index is 0.221. The summed E-state index contributed by atoms with van der Waals surface area (Å²) >= 11 is 0. The third-order valence-corrected chi connectivity index (χ3v) is 2.62. The Hall–Kier alpha value is -2.56. The number of hydrogen-bond acceptors (Lipinski definition) is 4. The van der Waals surface area contributed by atoms with Crippen LogP contribution in [0.5, 0.6) is 5.88 Å². The molecule has 0 unspecified atom stereocenters. The zero-order valence-corrected chi connectivity index (χ0v) is 10.8. The average molecular weight is 257 g/mol. The smallest absolute Gasteiger partial charge is 0.271 e. The highest BCUT2D eigenvalue weighted by atomic mass is 16.5. The van der Waals surface area contributed by atoms with E-state index in [1.807, 2.05) is 30.3 Å². The van der Waals surface area contributed by atoms with Gasteiger partial charge in [-0.25, -0.2) is 4.98 Å². The molecular formula is C14H15N3O2. The van der Waals surface area contributed by atoms with E-state index >= 15 is 0 Å². The van der Waals surface area contributed by atoms with E-state index < -0.39 is 0 Å². The zero-order chi connectivity index (χ0) is 13.7. The lowest BCUT2D eigenvalue weighted by atomic mass is 10.3. The van der Waals surface area contributed by atoms with E-state index in [-0.39, 0.29) is 5.91 Å². The van der Waals surface area contributed by atoms with Crippen molar-refractivity contribution in [1.29, 1.82) is 0 Å². The van der Waals surface area contributed by atoms with Crippen LogP contribution in [0.2, 0.25) is 0 Å². The fourth-order valence-corrected chi connectivity index (χ4v) is 1.57. The van der Waals surface area contributed by atoms with Crippen LogP contribution < -0.4 is 15.2 Å². The van der Waals surface area contributed by atoms with Gasteiger partial charge in [-0.3, -0.25) is 15.2 Å². The van der Waals surface area contributed by atoms with Crippen molar-refractivity contribution >= 4 is 11.6 Å². The highest BCUT2D eigenvalue weighted by Gasteiger charge is 2.09. The van der Waals surface area contributed by atoms with Crippen LogP contribution in [0.25, 0.3) is 0 Å². The number of carbonyl (C=O) groups excluding carboxylic acids is 1. The number of rotatable bonds is 4. The van der Waals surface area contributed by atoms with E-state index in [2.05, 4.69) is 10.4 Å². The van der Waals surface area contributed by atoms with E-state index in [9.17, 15) is 4.79 Å². The van der Waals surface area contributed by atoms with Crippen LogP contribution in [-0.4, -0.2) is 25.0 Å². The van der Waals surface area contributed by atoms with Crippen molar-refractivity contribution < 1.29 is 9.53 Å². The molecule has 5 heteroatoms. The Morgan fingerprint density at radius 1 is 1.21 bits per heavy atom. The fraction of sp³-hybridized carbons (Fsp3) is 0.143. The Morgan fingerprint density at radius 3 is 2.53 bits per heavy atom. The predicted octanol–water partition coefficient (Wildman–Crippen LogP) is 1.87. The first kappa shape index (κ1) is 12.9. The number of amides is 1. The number of hydrazine groups is 1. The molecule has 0 aliphatic carbocycles. The fourth-order valence-electron chi connectivity index (χ4n) is 1.57. The Balaban J connectivity index is 2.04. The van der Waals surface area contributed by atoms with Crippen LogP contribution in [-0.2, 0) is 0 Å². The van der Waals surface area contributed by atoms with Gasteiger partial charge in [-0.1, -0.05) is 18.2 Å². The van der Waals surface area contributed by atoms with Crippen molar-refractivity contribution in [3.8, 4) is 5.88 Å². The van der Waals surface area contributed by atoms with Crippen LogP contribution in [0.4, 0.5) is 5.69 Å². The van der Waals surface area contributed by atoms with E-state index in [1.54, 1.807) is 24.2 Å². The molecule has 1 heterocycles. The van der Waals surface area contributed by atoms with Gasteiger partial charge in [0.1, 0.15) is 0 Å². The second-order valence-electron chi connectivity index (χ2n) is 3.92. The first-order valence-corrected chi connectivity index (χ1v) is 5.80. The number of benzene rings is 1. The highest BCUT2D eigenvalue weighted by Crippen LogP contribution is 2.10. The molecule has 1 amide bonds. The Kier molecular flexibility index (Phi) is 3.97. The van der Waals surface area contributed by atoms with Gasteiger partial charge in [0.25, 0.3) is 5.91 Å². The van der Waals surface area contributed by atoms with Crippen molar-refractivity contribution in [2.45, 2.75) is 0 Å². The third kappa shape index (κ3) is 3.22. The molecule has 5 nitrogen and oxygen atoms in total. The number of nitrogens with zero attached hydrogens (tertiary/aromatic N) is 2. The number of nitrogens with one attached hydrogen (secondary N) is 1. The van der Waals surface area contributed by atoms with Gasteiger partial charge in [0.2, 0.25) is 5.88 Å². The number of methoxy groups -OCH3 is 1. The molecule has 0 fully saturated rings. The number of anilines is 1. The van der Waals surface area contributed by atoms with E-state index in [1.165, 1.54) is 13.3 Å². The maximum absolute atomic E-state index is 12.0. The predicted molar refractivity (Wildman–Crippen MR) is 73.1 cm³/mol. The van der Waals surface area contributed by atoms with E-state index in [4.69, 9.17) is 4.74 Å². The van der Waals surface area contributed by atoms with E-state index in [0.29, 0.717) is 11.4 Å². The van der Waals surface area contributed by atoms with Crippen molar-refractivity contribution in [2.75, 3.05) is 19.2 Å². The van der Waals surface area contributed by atoms with Gasteiger partial charge in [-0.05, 0) is 18.2 Å². The molecule has 0 saturated heterocycles. The molecule has 0 aliphatic rings. The minimum Gasteiger partial charge on any atom is -0.481 e. The van der Waals surface area contributed by atoms with Gasteiger partial charge >= 0.3 is 0 Å². The molecule has 0 radical (unpaired) electrons. The van der Waals surface area contributed by atoms with Crippen LogP contribution in [0.3, 0.4) is 0 Å². The summed E-state index contributed by atoms with van der Waals surface area (Å²) in [6, 6.07) is 12.9. The van der Waals surface area contributed by atoms with Crippen LogP contribution in [0.1, 0.15) is 10.4 Å². The second kappa shape index (κ2) is 5.86. The van der Waals surface area contributed by atoms with Crippen molar-refractivity contribution in [3.63, 3.8) is 0 Å². The van der Waals surface area contributed by atoms with Crippen LogP contribution in [0.15, 0.2) is 48.7 Å². The van der Waals surface area contributed by atoms with Gasteiger partial charge in [0.15, 0.2) is 0 Å². The van der Waals surface area contributed by atoms with Gasteiger partial charge < -0.3 is 4.74 Å². The molecule has 1 aromatic heterocycles. The SMILES string of the molecule is COc1ccc(C(=O)NN(C)c2ccccc2)cn1. The molecule has 1 aromatic carbocycles. The highest BCUT2D eigenvalue weighted by molar-refractivity contribution is 5.94. The number of hydrogen-bond donors (Lipinski definition) is 1. The quantitative estimate of drug-likeness (QED) is 0.850. The topological polar surface area (TPSA) is 54.5 Å². The monoisotopic (exact) mass is 257 g/mol. The summed E-state index contributed by atoms with van der Waals surface area (Å²) in [6.07, 6.45) is 1.48. The molecule has 19 heavy (non-hydrogen) atoms. The standard InChI is InChI=1S/C14H15N3O2/c1-17(12-6-4-3-5-7-12)16-14(18)11-8-9-13(19-2)15-10-11/h3-10H,1-2H3,(H,16,18). The molecule has 98 valence electrons. The van der Waals surface area contributed by atoms with Crippen molar-refractivity contribution in [2.24, 2.45) is 0 Å². The van der Waals surface area contributed by atoms with Gasteiger partial charge in [-0.2, -0.15) is 0 Å². The average Bonchev–Trinajstić information content (AvgIpc) is 2.48. The van der Waals surface area contributed by atoms with Gasteiger partial charge in [-0.15, -0.1) is 0 Å². The summed E-state index contributed by atoms with van der Waals surface area (Å²) in [5, 5.41) is 1.66. The van der Waals surface area contributed by atoms with Crippen LogP contribution >= 0.6 is 0 Å². The van der Waals surface area contributed by atoms with Crippen LogP contribution in [0, 0.1) is 0 Å². The number of carbonyl (C=O) groups is 1. The first-order valence-electron chi connectivity index (χ1n) is 5.80. The number of ether oxygens (including phenoxy) is 1. The Labute approximate surface area is 111 Å². The Bertz CT molecular complexity index is 540. The number of pyridine rings is 1. The maximum Gasteiger partial charge on any atom is 0.271 e. The summed E-state index contributed by atoms with van der Waals surface area (Å²) in [6.45, 7) is 0. The summed E-state index contributed by atoms with van der Waals surface area (Å²) in [5.74, 6) is 0.259. The van der Waals surface area contributed by atoms with Crippen molar-refractivity contribution in [1.82, 2.24) is 10.4 Å². The summed E-state index contributed by atoms with van der Waals surface area (Å²) in [4.78, 5) is 16.0. The summed E-state index contributed by atoms with van der Waals surface area (Å²) < 4.78 is 4.95. The first-order chi connectivity index (χ1) is 9.20. The van der Waals surface area contributed by atoms with Crippen molar-refractivity contribution in [3.05, 3.63) is 54.2 Å². The Morgan fingerprint density at radius 2 is 1.95 bits per heavy atom. The van der Waals surface area contributed by atoms with Gasteiger partial charge in [0, 0.05) is 19.3 Å². The zero-order valence-electron chi connectivity index (χ0n) is 10.8. The van der Waals surface area contributed by atoms with Gasteiger partial charge in [0.05, 0.1) is 18.4 Å². The lowest BCUT2D eigenvalue weighted by molar-refractivity contribution is 0.0951. The maximum atomic E-state index is 12.0. The molecule has 0 atom stereocenters. The molecule has 0 bridgehead atoms. The van der Waals surface area contributed by atoms with E-state index in [0.717, 1.165) is 5.69 Å². The molecule has 2 aromatic rings. The molecule has 2 rings (SSSR count). The normalized spacial score (nSPS) is 9.79. The third-order valence-electron chi connectivity index (χ3n) is 2.62. The molecule has 0 spiro atoms. The molecule has 0 aliphatic heterocycles. The lowest BCUT2D eigenvalue weighted by Gasteiger charge is -2.20.